The minimum absolute atomic E-state index is 0.1000. The zero-order valence-electron chi connectivity index (χ0n) is 6.35. The zero-order chi connectivity index (χ0) is 9.42. The van der Waals surface area contributed by atoms with Gasteiger partial charge in [0.05, 0.1) is 6.33 Å². The molecule has 2 heterocycles. The van der Waals surface area contributed by atoms with Crippen LogP contribution >= 0.6 is 0 Å². The van der Waals surface area contributed by atoms with Gasteiger partial charge in [-0.3, -0.25) is 0 Å². The van der Waals surface area contributed by atoms with Crippen LogP contribution in [0.15, 0.2) is 6.33 Å². The van der Waals surface area contributed by atoms with Gasteiger partial charge in [-0.1, -0.05) is 0 Å². The van der Waals surface area contributed by atoms with Crippen LogP contribution in [-0.4, -0.2) is 31.0 Å². The van der Waals surface area contributed by atoms with E-state index in [1.807, 2.05) is 0 Å². The second-order valence-electron chi connectivity index (χ2n) is 2.34. The van der Waals surface area contributed by atoms with Crippen LogP contribution in [0.5, 0.6) is 0 Å². The molecule has 2 rings (SSSR count). The predicted octanol–water partition coefficient (Wildman–Crippen LogP) is -0.367. The first-order valence-electron chi connectivity index (χ1n) is 3.38. The van der Waals surface area contributed by atoms with Crippen molar-refractivity contribution in [3.63, 3.8) is 0 Å². The Labute approximate surface area is 71.6 Å². The molecule has 0 aliphatic rings. The summed E-state index contributed by atoms with van der Waals surface area (Å²) >= 11 is 0. The molecule has 0 aromatic carbocycles. The fourth-order valence-corrected chi connectivity index (χ4v) is 1.00. The summed E-state index contributed by atoms with van der Waals surface area (Å²) in [6.07, 6.45) is 1.34. The number of aromatic amines is 1. The van der Waals surface area contributed by atoms with Crippen molar-refractivity contribution in [3.8, 4) is 0 Å². The quantitative estimate of drug-likeness (QED) is 0.549. The Morgan fingerprint density at radius 2 is 2.31 bits per heavy atom. The van der Waals surface area contributed by atoms with Gasteiger partial charge in [0.15, 0.2) is 11.3 Å². The predicted molar refractivity (Wildman–Crippen MR) is 43.1 cm³/mol. The summed E-state index contributed by atoms with van der Waals surface area (Å²) in [5.74, 6) is -1.26. The highest BCUT2D eigenvalue weighted by Gasteiger charge is 2.13. The number of aromatic carboxylic acids is 1. The van der Waals surface area contributed by atoms with Crippen molar-refractivity contribution in [1.29, 1.82) is 0 Å². The number of nitrogens with zero attached hydrogens (tertiary/aromatic N) is 3. The summed E-state index contributed by atoms with van der Waals surface area (Å²) in [6.45, 7) is 0. The molecule has 0 spiro atoms. The average Bonchev–Trinajstić information content (AvgIpc) is 2.49. The fraction of sp³-hybridized carbons (Fsp3) is 0. The van der Waals surface area contributed by atoms with E-state index < -0.39 is 5.97 Å². The molecule has 2 aromatic heterocycles. The number of carboxylic acid groups (broad SMARTS) is 1. The van der Waals surface area contributed by atoms with Crippen LogP contribution in [0.1, 0.15) is 10.5 Å². The van der Waals surface area contributed by atoms with Crippen LogP contribution in [0.4, 0.5) is 5.95 Å². The Kier molecular flexibility index (Phi) is 1.38. The third-order valence-corrected chi connectivity index (χ3v) is 1.51. The van der Waals surface area contributed by atoms with E-state index in [-0.39, 0.29) is 22.8 Å². The summed E-state index contributed by atoms with van der Waals surface area (Å²) in [4.78, 5) is 24.4. The molecule has 4 N–H and O–H groups in total. The molecule has 0 atom stereocenters. The Morgan fingerprint density at radius 1 is 1.54 bits per heavy atom. The largest absolute Gasteiger partial charge is 0.476 e. The standard InChI is InChI=1S/C6H5N5O2/c7-6-10-3(5(12)13)2-4(11-6)9-1-8-2/h1H,(H,12,13)(H3,7,8,9,10,11). The Morgan fingerprint density at radius 3 is 3.00 bits per heavy atom. The van der Waals surface area contributed by atoms with Crippen molar-refractivity contribution >= 4 is 23.1 Å². The molecule has 0 bridgehead atoms. The van der Waals surface area contributed by atoms with Gasteiger partial charge in [0.2, 0.25) is 5.95 Å². The van der Waals surface area contributed by atoms with Gasteiger partial charge in [-0.15, -0.1) is 0 Å². The highest BCUT2D eigenvalue weighted by Crippen LogP contribution is 2.11. The molecule has 2 aromatic rings. The molecule has 7 heteroatoms. The van der Waals surface area contributed by atoms with E-state index in [1.165, 1.54) is 6.33 Å². The van der Waals surface area contributed by atoms with Gasteiger partial charge in [-0.05, 0) is 0 Å². The minimum atomic E-state index is -1.16. The van der Waals surface area contributed by atoms with Gasteiger partial charge in [0.25, 0.3) is 0 Å². The maximum Gasteiger partial charge on any atom is 0.356 e. The highest BCUT2D eigenvalue weighted by atomic mass is 16.4. The average molecular weight is 179 g/mol. The lowest BCUT2D eigenvalue weighted by Gasteiger charge is -1.96. The maximum atomic E-state index is 10.7. The Bertz CT molecular complexity index is 477. The molecule has 0 saturated carbocycles. The molecule has 66 valence electrons. The number of carbonyl (C=O) groups is 1. The van der Waals surface area contributed by atoms with E-state index in [0.717, 1.165) is 0 Å². The van der Waals surface area contributed by atoms with Crippen LogP contribution < -0.4 is 5.73 Å². The molecule has 0 aliphatic heterocycles. The molecular formula is C6H5N5O2. The molecule has 0 fully saturated rings. The summed E-state index contributed by atoms with van der Waals surface area (Å²) in [7, 11) is 0. The number of anilines is 1. The van der Waals surface area contributed by atoms with Crippen LogP contribution in [0.25, 0.3) is 11.2 Å². The molecule has 0 aliphatic carbocycles. The topological polar surface area (TPSA) is 118 Å². The van der Waals surface area contributed by atoms with Crippen molar-refractivity contribution in [3.05, 3.63) is 12.0 Å². The van der Waals surface area contributed by atoms with Gasteiger partial charge in [-0.2, -0.15) is 4.98 Å². The summed E-state index contributed by atoms with van der Waals surface area (Å²) < 4.78 is 0. The first-order chi connectivity index (χ1) is 6.18. The number of fused-ring (bicyclic) bond motifs is 1. The smallest absolute Gasteiger partial charge is 0.356 e. The Hall–Kier alpha value is -2.18. The van der Waals surface area contributed by atoms with Crippen LogP contribution in [0, 0.1) is 0 Å². The van der Waals surface area contributed by atoms with E-state index in [1.54, 1.807) is 0 Å². The molecule has 7 nitrogen and oxygen atoms in total. The second-order valence-corrected chi connectivity index (χ2v) is 2.34. The number of imidazole rings is 1. The highest BCUT2D eigenvalue weighted by molar-refractivity contribution is 5.98. The third-order valence-electron chi connectivity index (χ3n) is 1.51. The second kappa shape index (κ2) is 2.41. The number of nitrogens with two attached hydrogens (primary N) is 1. The van der Waals surface area contributed by atoms with Crippen molar-refractivity contribution in [1.82, 2.24) is 19.9 Å². The lowest BCUT2D eigenvalue weighted by Crippen LogP contribution is -2.06. The lowest BCUT2D eigenvalue weighted by molar-refractivity contribution is 0.0692. The number of hydrogen-bond acceptors (Lipinski definition) is 5. The van der Waals surface area contributed by atoms with E-state index in [4.69, 9.17) is 10.8 Å². The Balaban J connectivity index is 2.84. The first kappa shape index (κ1) is 7.47. The number of hydrogen-bond donors (Lipinski definition) is 3. The van der Waals surface area contributed by atoms with E-state index in [9.17, 15) is 4.79 Å². The maximum absolute atomic E-state index is 10.7. The number of H-pyrrole nitrogens is 1. The first-order valence-corrected chi connectivity index (χ1v) is 3.38. The third kappa shape index (κ3) is 1.06. The van der Waals surface area contributed by atoms with Crippen molar-refractivity contribution < 1.29 is 9.90 Å². The van der Waals surface area contributed by atoms with Crippen LogP contribution in [0.3, 0.4) is 0 Å². The fourth-order valence-electron chi connectivity index (χ4n) is 1.00. The molecule has 0 saturated heterocycles. The van der Waals surface area contributed by atoms with E-state index in [2.05, 4.69) is 19.9 Å². The van der Waals surface area contributed by atoms with Gasteiger partial charge < -0.3 is 15.8 Å². The molecule has 0 radical (unpaired) electrons. The number of nitrogen functional groups attached to an aromatic ring is 1. The van der Waals surface area contributed by atoms with Crippen molar-refractivity contribution in [2.24, 2.45) is 0 Å². The van der Waals surface area contributed by atoms with Gasteiger partial charge in [0.1, 0.15) is 5.52 Å². The number of rotatable bonds is 1. The van der Waals surface area contributed by atoms with Gasteiger partial charge >= 0.3 is 5.97 Å². The summed E-state index contributed by atoms with van der Waals surface area (Å²) in [5.41, 5.74) is 5.65. The van der Waals surface area contributed by atoms with E-state index in [0.29, 0.717) is 0 Å². The van der Waals surface area contributed by atoms with Crippen molar-refractivity contribution in [2.75, 3.05) is 5.73 Å². The SMILES string of the molecule is Nc1nc(C(=O)O)c2[nH]cnc2n1. The van der Waals surface area contributed by atoms with Crippen LogP contribution in [0.2, 0.25) is 0 Å². The molecular weight excluding hydrogens is 174 g/mol. The zero-order valence-corrected chi connectivity index (χ0v) is 6.35. The monoisotopic (exact) mass is 179 g/mol. The van der Waals surface area contributed by atoms with E-state index >= 15 is 0 Å². The lowest BCUT2D eigenvalue weighted by atomic mass is 10.3. The minimum Gasteiger partial charge on any atom is -0.476 e. The molecule has 0 amide bonds. The molecule has 13 heavy (non-hydrogen) atoms. The van der Waals surface area contributed by atoms with Crippen molar-refractivity contribution in [2.45, 2.75) is 0 Å². The number of nitrogens with one attached hydrogen (secondary N) is 1. The van der Waals surface area contributed by atoms with Gasteiger partial charge in [0, 0.05) is 0 Å². The van der Waals surface area contributed by atoms with Gasteiger partial charge in [-0.25, -0.2) is 14.8 Å². The molecule has 0 unspecified atom stereocenters. The summed E-state index contributed by atoms with van der Waals surface area (Å²) in [5, 5.41) is 8.73. The number of aromatic nitrogens is 4. The van der Waals surface area contributed by atoms with Crippen LogP contribution in [-0.2, 0) is 0 Å². The normalized spacial score (nSPS) is 10.5. The summed E-state index contributed by atoms with van der Waals surface area (Å²) in [6, 6.07) is 0. The number of carboxylic acids is 1.